The molecule has 1 saturated heterocycles. The first-order valence-corrected chi connectivity index (χ1v) is 7.00. The molecule has 0 bridgehead atoms. The summed E-state index contributed by atoms with van der Waals surface area (Å²) in [5.74, 6) is 0.399. The number of carbonyl (C=O) groups excluding carboxylic acids is 1. The lowest BCUT2D eigenvalue weighted by molar-refractivity contribution is 0.0612. The number of aliphatic hydroxyl groups excluding tert-OH is 1. The molecule has 20 heavy (non-hydrogen) atoms. The van der Waals surface area contributed by atoms with Crippen molar-refractivity contribution in [1.82, 2.24) is 9.80 Å². The summed E-state index contributed by atoms with van der Waals surface area (Å²) in [5, 5.41) is 9.33. The molecule has 1 heterocycles. The summed E-state index contributed by atoms with van der Waals surface area (Å²) in [6.45, 7) is 3.59. The first-order valence-electron chi connectivity index (χ1n) is 6.62. The zero-order chi connectivity index (χ0) is 14.5. The summed E-state index contributed by atoms with van der Waals surface area (Å²) < 4.78 is 5.22. The van der Waals surface area contributed by atoms with Crippen molar-refractivity contribution in [1.29, 1.82) is 0 Å². The Kier molecular flexibility index (Phi) is 5.23. The highest BCUT2D eigenvalue weighted by Gasteiger charge is 2.25. The van der Waals surface area contributed by atoms with E-state index in [1.54, 1.807) is 23.1 Å². The quantitative estimate of drug-likeness (QED) is 0.904. The number of hydrogen-bond acceptors (Lipinski definition) is 4. The number of β-amino-alcohol motifs (C(OH)–C–C–N with tert-alkyl or cyclic N) is 1. The smallest absolute Gasteiger partial charge is 0.259 e. The number of halogens is 1. The average molecular weight is 299 g/mol. The minimum atomic E-state index is -0.101. The Morgan fingerprint density at radius 2 is 2.05 bits per heavy atom. The average Bonchev–Trinajstić information content (AvgIpc) is 2.47. The molecule has 0 aliphatic carbocycles. The molecule has 1 N–H and O–H groups in total. The second-order valence-corrected chi connectivity index (χ2v) is 5.08. The van der Waals surface area contributed by atoms with Gasteiger partial charge >= 0.3 is 0 Å². The monoisotopic (exact) mass is 298 g/mol. The van der Waals surface area contributed by atoms with Crippen molar-refractivity contribution in [3.63, 3.8) is 0 Å². The number of methoxy groups -OCH3 is 1. The normalized spacial score (nSPS) is 16.2. The predicted octanol–water partition coefficient (Wildman–Crippen LogP) is 1.10. The third-order valence-electron chi connectivity index (χ3n) is 3.48. The minimum absolute atomic E-state index is 0.101. The molecule has 0 unspecified atom stereocenters. The van der Waals surface area contributed by atoms with E-state index in [0.717, 1.165) is 13.1 Å². The maximum atomic E-state index is 12.6. The number of hydrogen-bond donors (Lipinski definition) is 1. The van der Waals surface area contributed by atoms with Crippen molar-refractivity contribution in [3.05, 3.63) is 28.8 Å². The first kappa shape index (κ1) is 15.1. The Morgan fingerprint density at radius 3 is 2.65 bits per heavy atom. The molecule has 110 valence electrons. The van der Waals surface area contributed by atoms with Gasteiger partial charge in [-0.1, -0.05) is 17.7 Å². The molecule has 0 aromatic heterocycles. The summed E-state index contributed by atoms with van der Waals surface area (Å²) >= 11 is 6.13. The van der Waals surface area contributed by atoms with E-state index in [1.165, 1.54) is 7.11 Å². The van der Waals surface area contributed by atoms with Crippen LogP contribution in [-0.2, 0) is 0 Å². The zero-order valence-corrected chi connectivity index (χ0v) is 12.3. The van der Waals surface area contributed by atoms with Crippen LogP contribution in [0.3, 0.4) is 0 Å². The number of amides is 1. The fraction of sp³-hybridized carbons (Fsp3) is 0.500. The molecule has 2 rings (SSSR count). The SMILES string of the molecule is COc1cccc(Cl)c1C(=O)N1CCN(CCO)CC1. The lowest BCUT2D eigenvalue weighted by atomic mass is 10.1. The van der Waals surface area contributed by atoms with Crippen LogP contribution in [0, 0.1) is 0 Å². The number of aliphatic hydroxyl groups is 1. The second kappa shape index (κ2) is 6.92. The molecular formula is C14H19ClN2O3. The summed E-state index contributed by atoms with van der Waals surface area (Å²) in [7, 11) is 1.53. The van der Waals surface area contributed by atoms with Crippen LogP contribution in [0.4, 0.5) is 0 Å². The summed E-state index contributed by atoms with van der Waals surface area (Å²) in [5.41, 5.74) is 0.423. The van der Waals surface area contributed by atoms with Gasteiger partial charge in [-0.2, -0.15) is 0 Å². The van der Waals surface area contributed by atoms with E-state index in [4.69, 9.17) is 21.4 Å². The second-order valence-electron chi connectivity index (χ2n) is 4.67. The van der Waals surface area contributed by atoms with E-state index in [1.807, 2.05) is 0 Å². The van der Waals surface area contributed by atoms with E-state index in [9.17, 15) is 4.79 Å². The van der Waals surface area contributed by atoms with E-state index >= 15 is 0 Å². The van der Waals surface area contributed by atoms with Gasteiger partial charge in [0.2, 0.25) is 0 Å². The fourth-order valence-electron chi connectivity index (χ4n) is 2.36. The van der Waals surface area contributed by atoms with Crippen LogP contribution in [0.25, 0.3) is 0 Å². The molecule has 1 aromatic carbocycles. The number of nitrogens with zero attached hydrogens (tertiary/aromatic N) is 2. The first-order chi connectivity index (χ1) is 9.67. The van der Waals surface area contributed by atoms with Crippen molar-refractivity contribution in [3.8, 4) is 5.75 Å². The van der Waals surface area contributed by atoms with Gasteiger partial charge < -0.3 is 14.7 Å². The maximum Gasteiger partial charge on any atom is 0.259 e. The Morgan fingerprint density at radius 1 is 1.35 bits per heavy atom. The van der Waals surface area contributed by atoms with Gasteiger partial charge in [-0.05, 0) is 12.1 Å². The summed E-state index contributed by atoms with van der Waals surface area (Å²) in [4.78, 5) is 16.5. The van der Waals surface area contributed by atoms with Crippen LogP contribution in [0.2, 0.25) is 5.02 Å². The fourth-order valence-corrected chi connectivity index (χ4v) is 2.60. The van der Waals surface area contributed by atoms with Crippen LogP contribution in [0.1, 0.15) is 10.4 Å². The molecule has 6 heteroatoms. The van der Waals surface area contributed by atoms with Crippen LogP contribution in [0.15, 0.2) is 18.2 Å². The predicted molar refractivity (Wildman–Crippen MR) is 77.4 cm³/mol. The van der Waals surface area contributed by atoms with E-state index in [-0.39, 0.29) is 12.5 Å². The number of benzene rings is 1. The van der Waals surface area contributed by atoms with Crippen molar-refractivity contribution < 1.29 is 14.6 Å². The Bertz CT molecular complexity index is 473. The van der Waals surface area contributed by atoms with E-state index in [2.05, 4.69) is 4.90 Å². The van der Waals surface area contributed by atoms with Crippen LogP contribution in [0.5, 0.6) is 5.75 Å². The van der Waals surface area contributed by atoms with Gasteiger partial charge in [0, 0.05) is 32.7 Å². The Balaban J connectivity index is 2.09. The highest BCUT2D eigenvalue weighted by molar-refractivity contribution is 6.34. The topological polar surface area (TPSA) is 53.0 Å². The molecular weight excluding hydrogens is 280 g/mol. The number of rotatable bonds is 4. The molecule has 0 atom stereocenters. The number of carbonyl (C=O) groups is 1. The molecule has 0 saturated carbocycles. The van der Waals surface area contributed by atoms with Crippen LogP contribution in [-0.4, -0.2) is 67.3 Å². The van der Waals surface area contributed by atoms with Crippen molar-refractivity contribution >= 4 is 17.5 Å². The number of piperazine rings is 1. The minimum Gasteiger partial charge on any atom is -0.496 e. The van der Waals surface area contributed by atoms with Crippen molar-refractivity contribution in [2.45, 2.75) is 0 Å². The van der Waals surface area contributed by atoms with Crippen LogP contribution < -0.4 is 4.74 Å². The van der Waals surface area contributed by atoms with Gasteiger partial charge in [0.05, 0.1) is 18.7 Å². The summed E-state index contributed by atoms with van der Waals surface area (Å²) in [6, 6.07) is 5.19. The summed E-state index contributed by atoms with van der Waals surface area (Å²) in [6.07, 6.45) is 0. The molecule has 1 aliphatic rings. The van der Waals surface area contributed by atoms with Gasteiger partial charge in [-0.15, -0.1) is 0 Å². The third kappa shape index (κ3) is 3.23. The molecule has 1 fully saturated rings. The molecule has 0 radical (unpaired) electrons. The van der Waals surface area contributed by atoms with Crippen LogP contribution >= 0.6 is 11.6 Å². The lowest BCUT2D eigenvalue weighted by Gasteiger charge is -2.34. The van der Waals surface area contributed by atoms with E-state index < -0.39 is 0 Å². The Hall–Kier alpha value is -1.30. The third-order valence-corrected chi connectivity index (χ3v) is 3.80. The van der Waals surface area contributed by atoms with Gasteiger partial charge in [0.1, 0.15) is 11.3 Å². The highest BCUT2D eigenvalue weighted by Crippen LogP contribution is 2.27. The van der Waals surface area contributed by atoms with Crippen molar-refractivity contribution in [2.75, 3.05) is 46.4 Å². The van der Waals surface area contributed by atoms with Gasteiger partial charge in [0.15, 0.2) is 0 Å². The standard InChI is InChI=1S/C14H19ClN2O3/c1-20-12-4-2-3-11(15)13(12)14(19)17-7-5-16(6-8-17)9-10-18/h2-4,18H,5-10H2,1H3. The molecule has 0 spiro atoms. The van der Waals surface area contributed by atoms with Gasteiger partial charge in [0.25, 0.3) is 5.91 Å². The van der Waals surface area contributed by atoms with Gasteiger partial charge in [-0.3, -0.25) is 9.69 Å². The van der Waals surface area contributed by atoms with Crippen molar-refractivity contribution in [2.24, 2.45) is 0 Å². The lowest BCUT2D eigenvalue weighted by Crippen LogP contribution is -2.49. The molecule has 1 aromatic rings. The van der Waals surface area contributed by atoms with Gasteiger partial charge in [-0.25, -0.2) is 0 Å². The largest absolute Gasteiger partial charge is 0.496 e. The van der Waals surface area contributed by atoms with E-state index in [0.29, 0.717) is 36.0 Å². The Labute approximate surface area is 123 Å². The molecule has 1 aliphatic heterocycles. The molecule has 1 amide bonds. The highest BCUT2D eigenvalue weighted by atomic mass is 35.5. The molecule has 5 nitrogen and oxygen atoms in total. The zero-order valence-electron chi connectivity index (χ0n) is 11.5. The maximum absolute atomic E-state index is 12.6. The number of ether oxygens (including phenoxy) is 1.